The molecule has 0 aromatic carbocycles. The zero-order chi connectivity index (χ0) is 12.5. The predicted molar refractivity (Wildman–Crippen MR) is 48.1 cm³/mol. The first-order valence-electron chi connectivity index (χ1n) is 4.41. The van der Waals surface area contributed by atoms with Crippen LogP contribution in [-0.2, 0) is 6.18 Å². The van der Waals surface area contributed by atoms with Crippen LogP contribution in [0.5, 0.6) is 0 Å². The number of carbonyl (C=O) groups is 1. The number of aromatic carboxylic acids is 1. The van der Waals surface area contributed by atoms with Gasteiger partial charge in [-0.25, -0.2) is 14.8 Å². The predicted octanol–water partition coefficient (Wildman–Crippen LogP) is 2.32. The molecule has 0 aliphatic rings. The van der Waals surface area contributed by atoms with Crippen molar-refractivity contribution in [3.05, 3.63) is 23.3 Å². The van der Waals surface area contributed by atoms with E-state index in [4.69, 9.17) is 5.11 Å². The maximum atomic E-state index is 12.3. The van der Waals surface area contributed by atoms with Crippen molar-refractivity contribution < 1.29 is 23.1 Å². The Bertz CT molecular complexity index is 416. The summed E-state index contributed by atoms with van der Waals surface area (Å²) in [5.41, 5.74) is -0.419. The summed E-state index contributed by atoms with van der Waals surface area (Å²) in [4.78, 5) is 17.0. The van der Waals surface area contributed by atoms with Gasteiger partial charge < -0.3 is 5.11 Å². The highest BCUT2D eigenvalue weighted by Crippen LogP contribution is 2.28. The van der Waals surface area contributed by atoms with Gasteiger partial charge in [-0.2, -0.15) is 13.2 Å². The highest BCUT2D eigenvalue weighted by atomic mass is 19.4. The maximum absolute atomic E-state index is 12.3. The summed E-state index contributed by atoms with van der Waals surface area (Å²) in [6.07, 6.45) is -3.98. The fourth-order valence-electron chi connectivity index (χ4n) is 1.14. The molecular formula is C9H9F3N2O2. The lowest BCUT2D eigenvalue weighted by atomic mass is 10.1. The number of alkyl halides is 3. The molecule has 7 heteroatoms. The topological polar surface area (TPSA) is 63.1 Å². The highest BCUT2D eigenvalue weighted by molar-refractivity contribution is 5.88. The summed E-state index contributed by atoms with van der Waals surface area (Å²) in [7, 11) is 0. The molecule has 1 rings (SSSR count). The van der Waals surface area contributed by atoms with Crippen LogP contribution < -0.4 is 0 Å². The SMILES string of the molecule is CC(C)c1nc(C(F)(F)F)ncc1C(=O)O. The summed E-state index contributed by atoms with van der Waals surface area (Å²) in [6.45, 7) is 3.13. The van der Waals surface area contributed by atoms with E-state index in [9.17, 15) is 18.0 Å². The van der Waals surface area contributed by atoms with Crippen molar-refractivity contribution in [1.29, 1.82) is 0 Å². The molecule has 0 spiro atoms. The van der Waals surface area contributed by atoms with Gasteiger partial charge in [0.2, 0.25) is 5.82 Å². The number of carboxylic acid groups (broad SMARTS) is 1. The summed E-state index contributed by atoms with van der Waals surface area (Å²) < 4.78 is 36.9. The molecule has 0 radical (unpaired) electrons. The molecule has 0 unspecified atom stereocenters. The molecule has 0 saturated carbocycles. The van der Waals surface area contributed by atoms with E-state index >= 15 is 0 Å². The number of hydrogen-bond acceptors (Lipinski definition) is 3. The Morgan fingerprint density at radius 3 is 2.38 bits per heavy atom. The number of nitrogens with zero attached hydrogens (tertiary/aromatic N) is 2. The Balaban J connectivity index is 3.34. The molecule has 0 atom stereocenters. The molecule has 1 aromatic rings. The summed E-state index contributed by atoms with van der Waals surface area (Å²) in [5, 5.41) is 8.75. The van der Waals surface area contributed by atoms with E-state index < -0.39 is 23.9 Å². The van der Waals surface area contributed by atoms with E-state index in [1.807, 2.05) is 0 Å². The lowest BCUT2D eigenvalue weighted by Gasteiger charge is -2.11. The van der Waals surface area contributed by atoms with Gasteiger partial charge in [-0.15, -0.1) is 0 Å². The Labute approximate surface area is 89.1 Å². The lowest BCUT2D eigenvalue weighted by molar-refractivity contribution is -0.145. The fraction of sp³-hybridized carbons (Fsp3) is 0.444. The minimum Gasteiger partial charge on any atom is -0.478 e. The number of rotatable bonds is 2. The largest absolute Gasteiger partial charge is 0.478 e. The third-order valence-electron chi connectivity index (χ3n) is 1.85. The van der Waals surface area contributed by atoms with Gasteiger partial charge in [0, 0.05) is 6.20 Å². The Kier molecular flexibility index (Phi) is 3.16. The molecule has 0 aliphatic heterocycles. The van der Waals surface area contributed by atoms with E-state index in [2.05, 4.69) is 9.97 Å². The van der Waals surface area contributed by atoms with Gasteiger partial charge in [-0.1, -0.05) is 13.8 Å². The van der Waals surface area contributed by atoms with E-state index in [-0.39, 0.29) is 11.3 Å². The van der Waals surface area contributed by atoms with Crippen molar-refractivity contribution in [2.45, 2.75) is 25.9 Å². The molecule has 0 fully saturated rings. The first kappa shape index (κ1) is 12.4. The fourth-order valence-corrected chi connectivity index (χ4v) is 1.14. The van der Waals surface area contributed by atoms with E-state index in [1.165, 1.54) is 0 Å². The highest BCUT2D eigenvalue weighted by Gasteiger charge is 2.35. The van der Waals surface area contributed by atoms with Crippen LogP contribution in [0, 0.1) is 0 Å². The first-order valence-corrected chi connectivity index (χ1v) is 4.41. The second kappa shape index (κ2) is 4.07. The molecule has 0 saturated heterocycles. The number of carboxylic acids is 1. The van der Waals surface area contributed by atoms with Crippen molar-refractivity contribution >= 4 is 5.97 Å². The second-order valence-corrected chi connectivity index (χ2v) is 3.45. The van der Waals surface area contributed by atoms with Crippen LogP contribution in [0.4, 0.5) is 13.2 Å². The van der Waals surface area contributed by atoms with Crippen LogP contribution in [0.25, 0.3) is 0 Å². The minimum absolute atomic E-state index is 0.116. The third-order valence-corrected chi connectivity index (χ3v) is 1.85. The van der Waals surface area contributed by atoms with E-state index in [0.29, 0.717) is 6.20 Å². The summed E-state index contributed by atoms with van der Waals surface area (Å²) in [5.74, 6) is -3.08. The van der Waals surface area contributed by atoms with Crippen LogP contribution in [0.2, 0.25) is 0 Å². The Morgan fingerprint density at radius 2 is 2.00 bits per heavy atom. The smallest absolute Gasteiger partial charge is 0.451 e. The molecule has 88 valence electrons. The van der Waals surface area contributed by atoms with Gasteiger partial charge in [-0.3, -0.25) is 0 Å². The van der Waals surface area contributed by atoms with Gasteiger partial charge >= 0.3 is 12.1 Å². The molecular weight excluding hydrogens is 225 g/mol. The molecule has 1 heterocycles. The molecule has 0 aliphatic carbocycles. The van der Waals surface area contributed by atoms with Crippen molar-refractivity contribution in [1.82, 2.24) is 9.97 Å². The standard InChI is InChI=1S/C9H9F3N2O2/c1-4(2)6-5(7(15)16)3-13-8(14-6)9(10,11)12/h3-4H,1-2H3,(H,15,16). The Morgan fingerprint density at radius 1 is 1.44 bits per heavy atom. The van der Waals surface area contributed by atoms with E-state index in [0.717, 1.165) is 0 Å². The van der Waals surface area contributed by atoms with Crippen LogP contribution in [0.3, 0.4) is 0 Å². The zero-order valence-corrected chi connectivity index (χ0v) is 8.54. The average Bonchev–Trinajstić information content (AvgIpc) is 2.15. The van der Waals surface area contributed by atoms with Crippen molar-refractivity contribution in [2.24, 2.45) is 0 Å². The van der Waals surface area contributed by atoms with Crippen LogP contribution >= 0.6 is 0 Å². The molecule has 1 aromatic heterocycles. The number of hydrogen-bond donors (Lipinski definition) is 1. The molecule has 4 nitrogen and oxygen atoms in total. The average molecular weight is 234 g/mol. The minimum atomic E-state index is -4.67. The second-order valence-electron chi connectivity index (χ2n) is 3.45. The van der Waals surface area contributed by atoms with Gasteiger partial charge in [0.1, 0.15) is 0 Å². The van der Waals surface area contributed by atoms with Crippen molar-refractivity contribution in [2.75, 3.05) is 0 Å². The summed E-state index contributed by atoms with van der Waals surface area (Å²) in [6, 6.07) is 0. The molecule has 1 N–H and O–H groups in total. The van der Waals surface area contributed by atoms with Gasteiger partial charge in [0.05, 0.1) is 11.3 Å². The normalized spacial score (nSPS) is 11.9. The van der Waals surface area contributed by atoms with Gasteiger partial charge in [0.15, 0.2) is 0 Å². The molecule has 0 bridgehead atoms. The number of aromatic nitrogens is 2. The van der Waals surface area contributed by atoms with Crippen molar-refractivity contribution in [3.63, 3.8) is 0 Å². The van der Waals surface area contributed by atoms with Crippen LogP contribution in [0.1, 0.15) is 41.6 Å². The van der Waals surface area contributed by atoms with Gasteiger partial charge in [-0.05, 0) is 5.92 Å². The Hall–Kier alpha value is -1.66. The van der Waals surface area contributed by atoms with E-state index in [1.54, 1.807) is 13.8 Å². The van der Waals surface area contributed by atoms with Crippen LogP contribution in [0.15, 0.2) is 6.20 Å². The quantitative estimate of drug-likeness (QED) is 0.852. The number of halogens is 3. The lowest BCUT2D eigenvalue weighted by Crippen LogP contribution is -2.16. The molecule has 0 amide bonds. The van der Waals surface area contributed by atoms with Crippen molar-refractivity contribution in [3.8, 4) is 0 Å². The molecule has 16 heavy (non-hydrogen) atoms. The zero-order valence-electron chi connectivity index (χ0n) is 8.54. The van der Waals surface area contributed by atoms with Crippen LogP contribution in [-0.4, -0.2) is 21.0 Å². The monoisotopic (exact) mass is 234 g/mol. The van der Waals surface area contributed by atoms with Gasteiger partial charge in [0.25, 0.3) is 0 Å². The maximum Gasteiger partial charge on any atom is 0.451 e. The third kappa shape index (κ3) is 2.47. The summed E-state index contributed by atoms with van der Waals surface area (Å²) >= 11 is 0. The first-order chi connectivity index (χ1) is 7.23.